The van der Waals surface area contributed by atoms with Crippen LogP contribution in [0.25, 0.3) is 22.3 Å². The molecule has 0 bridgehead atoms. The van der Waals surface area contributed by atoms with E-state index in [2.05, 4.69) is 49.4 Å². The topological polar surface area (TPSA) is 158 Å². The van der Waals surface area contributed by atoms with Crippen LogP contribution in [0.4, 0.5) is 0 Å². The van der Waals surface area contributed by atoms with Crippen LogP contribution in [-0.2, 0) is 9.84 Å². The molecule has 0 radical (unpaired) electrons. The molecule has 12 heteroatoms. The molecule has 1 unspecified atom stereocenters. The minimum Gasteiger partial charge on any atom is -0.487 e. The molecule has 7 nitrogen and oxygen atoms in total. The SMILES string of the molecule is C.C=CC(C)c1scc(-c2ccccc2S(C)(=O)=O)c1-c1ccc(Cl)cc1.NC(O)=S.NC(O)=S.O. The number of halogens is 1. The van der Waals surface area contributed by atoms with E-state index in [1.54, 1.807) is 23.5 Å². The fourth-order valence-electron chi connectivity index (χ4n) is 2.94. The van der Waals surface area contributed by atoms with E-state index in [1.807, 2.05) is 47.9 Å². The monoisotopic (exact) mass is 590 g/mol. The van der Waals surface area contributed by atoms with Crippen molar-refractivity contribution in [1.29, 1.82) is 0 Å². The molecule has 36 heavy (non-hydrogen) atoms. The second-order valence-electron chi connectivity index (χ2n) is 6.86. The highest BCUT2D eigenvalue weighted by molar-refractivity contribution is 7.90. The lowest BCUT2D eigenvalue weighted by atomic mass is 9.93. The van der Waals surface area contributed by atoms with Crippen LogP contribution in [0.3, 0.4) is 0 Å². The Bertz CT molecular complexity index is 1240. The zero-order valence-electron chi connectivity index (χ0n) is 18.9. The van der Waals surface area contributed by atoms with Crippen LogP contribution in [0.1, 0.15) is 25.1 Å². The minimum absolute atomic E-state index is 0. The molecule has 198 valence electrons. The van der Waals surface area contributed by atoms with Gasteiger partial charge in [-0.1, -0.05) is 62.4 Å². The maximum absolute atomic E-state index is 12.3. The molecule has 0 saturated heterocycles. The third kappa shape index (κ3) is 11.0. The van der Waals surface area contributed by atoms with Gasteiger partial charge in [0.1, 0.15) is 0 Å². The molecular formula is C24H31ClN2O5S4. The van der Waals surface area contributed by atoms with Gasteiger partial charge in [-0.05, 0) is 53.6 Å². The van der Waals surface area contributed by atoms with Crippen LogP contribution < -0.4 is 11.5 Å². The van der Waals surface area contributed by atoms with Crippen LogP contribution >= 0.6 is 47.4 Å². The molecular weight excluding hydrogens is 560 g/mol. The highest BCUT2D eigenvalue weighted by Crippen LogP contribution is 2.44. The number of allylic oxidation sites excluding steroid dienone is 1. The van der Waals surface area contributed by atoms with E-state index in [0.29, 0.717) is 9.92 Å². The zero-order chi connectivity index (χ0) is 26.1. The Labute approximate surface area is 232 Å². The number of benzene rings is 2. The van der Waals surface area contributed by atoms with Crippen LogP contribution in [0, 0.1) is 0 Å². The van der Waals surface area contributed by atoms with Gasteiger partial charge in [-0.2, -0.15) is 0 Å². The molecule has 8 N–H and O–H groups in total. The molecule has 0 aliphatic heterocycles. The van der Waals surface area contributed by atoms with Crippen molar-refractivity contribution in [1.82, 2.24) is 0 Å². The van der Waals surface area contributed by atoms with Crippen molar-refractivity contribution in [2.75, 3.05) is 6.26 Å². The summed E-state index contributed by atoms with van der Waals surface area (Å²) in [7, 11) is -3.34. The van der Waals surface area contributed by atoms with E-state index in [4.69, 9.17) is 21.8 Å². The second kappa shape index (κ2) is 16.3. The largest absolute Gasteiger partial charge is 0.487 e. The maximum atomic E-state index is 12.3. The van der Waals surface area contributed by atoms with Crippen LogP contribution in [0.15, 0.2) is 71.5 Å². The number of nitrogens with two attached hydrogens (primary N) is 2. The van der Waals surface area contributed by atoms with Gasteiger partial charge in [0, 0.05) is 38.8 Å². The number of hydrogen-bond acceptors (Lipinski definition) is 5. The molecule has 3 rings (SSSR count). The molecule has 0 amide bonds. The van der Waals surface area contributed by atoms with Gasteiger partial charge in [0.25, 0.3) is 10.3 Å². The summed E-state index contributed by atoms with van der Waals surface area (Å²) in [5.74, 6) is 0.157. The number of rotatable bonds is 5. The van der Waals surface area contributed by atoms with E-state index >= 15 is 0 Å². The predicted octanol–water partition coefficient (Wildman–Crippen LogP) is 5.82. The van der Waals surface area contributed by atoms with Gasteiger partial charge in [-0.25, -0.2) is 8.42 Å². The van der Waals surface area contributed by atoms with Gasteiger partial charge in [0.2, 0.25) is 0 Å². The Balaban J connectivity index is 0. The van der Waals surface area contributed by atoms with Crippen LogP contribution in [0.2, 0.25) is 5.02 Å². The van der Waals surface area contributed by atoms with Crippen molar-refractivity contribution in [3.63, 3.8) is 0 Å². The summed E-state index contributed by atoms with van der Waals surface area (Å²) in [6.07, 6.45) is 3.14. The highest BCUT2D eigenvalue weighted by Gasteiger charge is 2.22. The quantitative estimate of drug-likeness (QED) is 0.214. The summed E-state index contributed by atoms with van der Waals surface area (Å²) in [4.78, 5) is 1.49. The van der Waals surface area contributed by atoms with E-state index in [-0.39, 0.29) is 18.8 Å². The molecule has 0 fully saturated rings. The Morgan fingerprint density at radius 3 is 1.97 bits per heavy atom. The zero-order valence-corrected chi connectivity index (χ0v) is 23.0. The van der Waals surface area contributed by atoms with Gasteiger partial charge in [-0.15, -0.1) is 17.9 Å². The van der Waals surface area contributed by atoms with Crippen molar-refractivity contribution in [3.8, 4) is 22.3 Å². The van der Waals surface area contributed by atoms with Crippen molar-refractivity contribution in [2.45, 2.75) is 25.2 Å². The summed E-state index contributed by atoms with van der Waals surface area (Å²) in [5, 5.41) is 16.8. The number of sulfone groups is 1. The molecule has 0 aliphatic rings. The van der Waals surface area contributed by atoms with Crippen molar-refractivity contribution in [3.05, 3.63) is 76.5 Å². The number of thiocarbonyl (C=S) groups is 2. The molecule has 0 saturated carbocycles. The average molecular weight is 591 g/mol. The lowest BCUT2D eigenvalue weighted by Crippen LogP contribution is -2.03. The fraction of sp³-hybridized carbons (Fsp3) is 0.167. The lowest BCUT2D eigenvalue weighted by Gasteiger charge is -2.13. The molecule has 2 aromatic carbocycles. The van der Waals surface area contributed by atoms with Gasteiger partial charge in [0.15, 0.2) is 9.84 Å². The first-order valence-corrected chi connectivity index (χ1v) is 13.5. The van der Waals surface area contributed by atoms with E-state index in [9.17, 15) is 8.42 Å². The van der Waals surface area contributed by atoms with Gasteiger partial charge in [-0.3, -0.25) is 0 Å². The van der Waals surface area contributed by atoms with Crippen molar-refractivity contribution < 1.29 is 24.1 Å². The Hall–Kier alpha value is -2.54. The molecule has 0 aliphatic carbocycles. The Morgan fingerprint density at radius 1 is 1.06 bits per heavy atom. The second-order valence-corrected chi connectivity index (χ2v) is 11.0. The standard InChI is InChI=1S/C21H19ClO2S2.2CH3NOS.CH4.H2O/c1-4-14(2)21-20(15-9-11-16(22)12-10-15)18(13-25-21)17-7-5-6-8-19(17)26(3,23)24;2*2-1(3)4;;/h4-14H,1H2,2-3H3;2*(H3,2,3,4);1H4;1H2. The maximum Gasteiger partial charge on any atom is 0.251 e. The molecule has 0 spiro atoms. The third-order valence-corrected chi connectivity index (χ3v) is 6.89. The minimum atomic E-state index is -3.34. The molecule has 1 atom stereocenters. The Kier molecular flexibility index (Phi) is 16.1. The lowest BCUT2D eigenvalue weighted by molar-refractivity contribution is 0.559. The van der Waals surface area contributed by atoms with E-state index in [0.717, 1.165) is 27.1 Å². The van der Waals surface area contributed by atoms with Crippen molar-refractivity contribution >= 4 is 67.6 Å². The number of aliphatic hydroxyl groups is 2. The summed E-state index contributed by atoms with van der Waals surface area (Å²) >= 11 is 15.4. The smallest absolute Gasteiger partial charge is 0.251 e. The third-order valence-electron chi connectivity index (χ3n) is 4.30. The van der Waals surface area contributed by atoms with Gasteiger partial charge < -0.3 is 27.2 Å². The average Bonchev–Trinajstić information content (AvgIpc) is 3.17. The number of thiophene rings is 1. The van der Waals surface area contributed by atoms with Gasteiger partial charge >= 0.3 is 0 Å². The number of aliphatic hydroxyl groups excluding tert-OH is 2. The van der Waals surface area contributed by atoms with E-state index in [1.165, 1.54) is 6.26 Å². The van der Waals surface area contributed by atoms with E-state index < -0.39 is 20.2 Å². The highest BCUT2D eigenvalue weighted by atomic mass is 35.5. The molecule has 3 aromatic rings. The van der Waals surface area contributed by atoms with Crippen molar-refractivity contribution in [2.24, 2.45) is 11.5 Å². The van der Waals surface area contributed by atoms with Crippen LogP contribution in [-0.4, -0.2) is 40.7 Å². The first-order chi connectivity index (χ1) is 15.8. The first-order valence-electron chi connectivity index (χ1n) is 9.55. The fourth-order valence-corrected chi connectivity index (χ4v) is 5.12. The summed E-state index contributed by atoms with van der Waals surface area (Å²) in [5.41, 5.74) is 12.5. The van der Waals surface area contributed by atoms with Crippen LogP contribution in [0.5, 0.6) is 0 Å². The normalized spacial score (nSPS) is 10.5. The Morgan fingerprint density at radius 2 is 1.53 bits per heavy atom. The molecule has 1 heterocycles. The number of hydrogen-bond donors (Lipinski definition) is 4. The predicted molar refractivity (Wildman–Crippen MR) is 161 cm³/mol. The molecule has 1 aromatic heterocycles. The summed E-state index contributed by atoms with van der Waals surface area (Å²) < 4.78 is 24.6. The summed E-state index contributed by atoms with van der Waals surface area (Å²) in [6, 6.07) is 14.8. The van der Waals surface area contributed by atoms with Gasteiger partial charge in [0.05, 0.1) is 4.90 Å². The first kappa shape index (κ1) is 35.6. The summed E-state index contributed by atoms with van der Waals surface area (Å²) in [6.45, 7) is 6.00.